The van der Waals surface area contributed by atoms with Crippen molar-refractivity contribution in [2.45, 2.75) is 13.5 Å². The first-order valence-corrected chi connectivity index (χ1v) is 5.25. The minimum absolute atomic E-state index is 0.0461. The summed E-state index contributed by atoms with van der Waals surface area (Å²) < 4.78 is 1.47. The third-order valence-electron chi connectivity index (χ3n) is 2.46. The number of aromatic amines is 1. The van der Waals surface area contributed by atoms with E-state index in [2.05, 4.69) is 10.1 Å². The van der Waals surface area contributed by atoms with Crippen LogP contribution in [0.15, 0.2) is 23.1 Å². The number of anilines is 1. The maximum Gasteiger partial charge on any atom is 0.191 e. The smallest absolute Gasteiger partial charge is 0.191 e. The van der Waals surface area contributed by atoms with Crippen molar-refractivity contribution in [3.63, 3.8) is 0 Å². The second-order valence-corrected chi connectivity index (χ2v) is 3.80. The van der Waals surface area contributed by atoms with E-state index in [1.807, 2.05) is 6.92 Å². The zero-order chi connectivity index (χ0) is 12.4. The number of H-pyrrole nitrogens is 1. The molecule has 0 bridgehead atoms. The number of nitrogens with one attached hydrogen (secondary N) is 1. The summed E-state index contributed by atoms with van der Waals surface area (Å²) in [4.78, 5) is 14.7. The predicted molar refractivity (Wildman–Crippen MR) is 64.5 cm³/mol. The van der Waals surface area contributed by atoms with Crippen molar-refractivity contribution in [1.82, 2.24) is 14.8 Å². The lowest BCUT2D eigenvalue weighted by molar-refractivity contribution is 0.270. The molecule has 2 aromatic heterocycles. The third-order valence-corrected chi connectivity index (χ3v) is 2.46. The molecule has 0 unspecified atom stereocenters. The fourth-order valence-corrected chi connectivity index (χ4v) is 1.61. The lowest BCUT2D eigenvalue weighted by Gasteiger charge is -1.99. The molecule has 0 aliphatic carbocycles. The minimum atomic E-state index is -0.102. The van der Waals surface area contributed by atoms with Crippen LogP contribution in [0.4, 0.5) is 5.82 Å². The van der Waals surface area contributed by atoms with E-state index >= 15 is 0 Å². The van der Waals surface area contributed by atoms with Crippen molar-refractivity contribution in [2.24, 2.45) is 0 Å². The largest absolute Gasteiger partial charge is 0.394 e. The number of nitrogen functional groups attached to an aromatic ring is 1. The van der Waals surface area contributed by atoms with Gasteiger partial charge in [0.05, 0.1) is 24.4 Å². The van der Waals surface area contributed by atoms with Gasteiger partial charge in [-0.1, -0.05) is 0 Å². The van der Waals surface area contributed by atoms with Crippen LogP contribution in [-0.2, 0) is 6.54 Å². The molecular formula is C11H14N4O2. The second-order valence-electron chi connectivity index (χ2n) is 3.80. The summed E-state index contributed by atoms with van der Waals surface area (Å²) in [7, 11) is 0. The lowest BCUT2D eigenvalue weighted by atomic mass is 10.2. The van der Waals surface area contributed by atoms with Crippen LogP contribution in [-0.4, -0.2) is 26.5 Å². The van der Waals surface area contributed by atoms with Crippen LogP contribution in [0.5, 0.6) is 0 Å². The number of nitrogens with two attached hydrogens (primary N) is 1. The van der Waals surface area contributed by atoms with Gasteiger partial charge in [-0.2, -0.15) is 5.10 Å². The Morgan fingerprint density at radius 2 is 2.29 bits per heavy atom. The molecule has 4 N–H and O–H groups in total. The fraction of sp³-hybridized carbons (Fsp3) is 0.273. The van der Waals surface area contributed by atoms with Gasteiger partial charge in [0.2, 0.25) is 0 Å². The van der Waals surface area contributed by atoms with E-state index in [-0.39, 0.29) is 12.0 Å². The predicted octanol–water partition coefficient (Wildman–Crippen LogP) is 0.121. The molecule has 0 aromatic carbocycles. The van der Waals surface area contributed by atoms with Gasteiger partial charge in [-0.25, -0.2) is 4.68 Å². The Balaban J connectivity index is 2.46. The van der Waals surface area contributed by atoms with Gasteiger partial charge in [-0.3, -0.25) is 4.79 Å². The van der Waals surface area contributed by atoms with Gasteiger partial charge in [0.25, 0.3) is 0 Å². The maximum absolute atomic E-state index is 11.8. The van der Waals surface area contributed by atoms with E-state index in [0.717, 1.165) is 5.69 Å². The average Bonchev–Trinajstić information content (AvgIpc) is 2.60. The third kappa shape index (κ3) is 2.21. The molecule has 0 saturated carbocycles. The van der Waals surface area contributed by atoms with Crippen molar-refractivity contribution in [2.75, 3.05) is 12.3 Å². The molecule has 17 heavy (non-hydrogen) atoms. The van der Waals surface area contributed by atoms with Crippen molar-refractivity contribution in [3.05, 3.63) is 34.2 Å². The second kappa shape index (κ2) is 4.42. The molecule has 0 fully saturated rings. The molecule has 90 valence electrons. The van der Waals surface area contributed by atoms with E-state index < -0.39 is 0 Å². The van der Waals surface area contributed by atoms with Gasteiger partial charge in [-0.15, -0.1) is 0 Å². The summed E-state index contributed by atoms with van der Waals surface area (Å²) in [6, 6.07) is 3.13. The monoisotopic (exact) mass is 234 g/mol. The SMILES string of the molecule is Cc1cc(=O)c(-c2cc(N)n(CCO)n2)c[nH]1. The molecule has 0 spiro atoms. The fourth-order valence-electron chi connectivity index (χ4n) is 1.61. The number of aliphatic hydroxyl groups excluding tert-OH is 1. The van der Waals surface area contributed by atoms with Crippen LogP contribution in [0.25, 0.3) is 11.3 Å². The highest BCUT2D eigenvalue weighted by molar-refractivity contribution is 5.61. The molecular weight excluding hydrogens is 220 g/mol. The van der Waals surface area contributed by atoms with E-state index in [0.29, 0.717) is 23.6 Å². The molecule has 2 aromatic rings. The summed E-state index contributed by atoms with van der Waals surface area (Å²) in [5.41, 5.74) is 7.40. The van der Waals surface area contributed by atoms with Gasteiger partial charge < -0.3 is 15.8 Å². The maximum atomic E-state index is 11.8. The number of rotatable bonds is 3. The molecule has 0 aliphatic heterocycles. The average molecular weight is 234 g/mol. The standard InChI is InChI=1S/C11H14N4O2/c1-7-4-10(17)8(6-13-7)9-5-11(12)15(14-9)2-3-16/h4-6,16H,2-3,12H2,1H3,(H,13,17). The molecule has 0 atom stereocenters. The van der Waals surface area contributed by atoms with Crippen LogP contribution in [0.1, 0.15) is 5.69 Å². The number of hydrogen-bond donors (Lipinski definition) is 3. The molecule has 6 heteroatoms. The number of aliphatic hydroxyl groups is 1. The van der Waals surface area contributed by atoms with Crippen LogP contribution >= 0.6 is 0 Å². The molecule has 0 saturated heterocycles. The Morgan fingerprint density at radius 1 is 1.53 bits per heavy atom. The van der Waals surface area contributed by atoms with Crippen LogP contribution in [0.2, 0.25) is 0 Å². The quantitative estimate of drug-likeness (QED) is 0.702. The lowest BCUT2D eigenvalue weighted by Crippen LogP contribution is -2.08. The zero-order valence-corrected chi connectivity index (χ0v) is 9.47. The molecule has 0 amide bonds. The number of aryl methyl sites for hydroxylation is 1. The Hall–Kier alpha value is -2.08. The van der Waals surface area contributed by atoms with Crippen LogP contribution < -0.4 is 11.2 Å². The topological polar surface area (TPSA) is 96.9 Å². The highest BCUT2D eigenvalue weighted by atomic mass is 16.3. The van der Waals surface area contributed by atoms with Gasteiger partial charge in [-0.05, 0) is 6.92 Å². The molecule has 6 nitrogen and oxygen atoms in total. The Morgan fingerprint density at radius 3 is 2.94 bits per heavy atom. The van der Waals surface area contributed by atoms with Gasteiger partial charge in [0.1, 0.15) is 5.82 Å². The van der Waals surface area contributed by atoms with Crippen molar-refractivity contribution >= 4 is 5.82 Å². The number of pyridine rings is 1. The van der Waals surface area contributed by atoms with Crippen molar-refractivity contribution in [1.29, 1.82) is 0 Å². The molecule has 2 rings (SSSR count). The first kappa shape index (κ1) is 11.4. The Bertz CT molecular complexity index is 585. The summed E-state index contributed by atoms with van der Waals surface area (Å²) in [6.07, 6.45) is 1.61. The number of hydrogen-bond acceptors (Lipinski definition) is 4. The van der Waals surface area contributed by atoms with Crippen molar-refractivity contribution in [3.8, 4) is 11.3 Å². The van der Waals surface area contributed by atoms with E-state index in [1.54, 1.807) is 12.3 Å². The van der Waals surface area contributed by atoms with Crippen LogP contribution in [0.3, 0.4) is 0 Å². The summed E-state index contributed by atoms with van der Waals surface area (Å²) >= 11 is 0. The summed E-state index contributed by atoms with van der Waals surface area (Å²) in [5.74, 6) is 0.425. The molecule has 2 heterocycles. The highest BCUT2D eigenvalue weighted by Gasteiger charge is 2.09. The zero-order valence-electron chi connectivity index (χ0n) is 9.47. The normalized spacial score (nSPS) is 10.7. The van der Waals surface area contributed by atoms with Gasteiger partial charge in [0.15, 0.2) is 5.43 Å². The first-order valence-electron chi connectivity index (χ1n) is 5.25. The molecule has 0 radical (unpaired) electrons. The van der Waals surface area contributed by atoms with Gasteiger partial charge in [0, 0.05) is 24.0 Å². The van der Waals surface area contributed by atoms with E-state index in [9.17, 15) is 4.79 Å². The van der Waals surface area contributed by atoms with Crippen molar-refractivity contribution < 1.29 is 5.11 Å². The highest BCUT2D eigenvalue weighted by Crippen LogP contribution is 2.16. The Kier molecular flexibility index (Phi) is 2.97. The Labute approximate surface area is 97.7 Å². The molecule has 0 aliphatic rings. The van der Waals surface area contributed by atoms with E-state index in [4.69, 9.17) is 10.8 Å². The van der Waals surface area contributed by atoms with E-state index in [1.165, 1.54) is 10.7 Å². The number of aromatic nitrogens is 3. The summed E-state index contributed by atoms with van der Waals surface area (Å²) in [5, 5.41) is 13.0. The summed E-state index contributed by atoms with van der Waals surface area (Å²) in [6.45, 7) is 2.08. The van der Waals surface area contributed by atoms with Gasteiger partial charge >= 0.3 is 0 Å². The first-order chi connectivity index (χ1) is 8.11. The minimum Gasteiger partial charge on any atom is -0.394 e. The van der Waals surface area contributed by atoms with Crippen LogP contribution in [0, 0.1) is 6.92 Å². The number of nitrogens with zero attached hydrogens (tertiary/aromatic N) is 2.